The first-order valence-electron chi connectivity index (χ1n) is 7.19. The van der Waals surface area contributed by atoms with Crippen molar-refractivity contribution in [2.75, 3.05) is 18.0 Å². The van der Waals surface area contributed by atoms with Crippen molar-refractivity contribution in [3.8, 4) is 0 Å². The van der Waals surface area contributed by atoms with Gasteiger partial charge in [0.05, 0.1) is 0 Å². The first-order chi connectivity index (χ1) is 10.1. The Kier molecular flexibility index (Phi) is 4.17. The van der Waals surface area contributed by atoms with E-state index in [-0.39, 0.29) is 5.82 Å². The van der Waals surface area contributed by atoms with Gasteiger partial charge in [-0.05, 0) is 31.5 Å². The van der Waals surface area contributed by atoms with E-state index >= 15 is 0 Å². The molecule has 0 amide bonds. The Balaban J connectivity index is 1.74. The van der Waals surface area contributed by atoms with Gasteiger partial charge >= 0.3 is 0 Å². The molecular weight excluding hydrogens is 287 g/mol. The lowest BCUT2D eigenvalue weighted by Gasteiger charge is -2.37. The Morgan fingerprint density at radius 3 is 3.10 bits per heavy atom. The van der Waals surface area contributed by atoms with Crippen LogP contribution >= 0.6 is 11.5 Å². The molecule has 1 fully saturated rings. The van der Waals surface area contributed by atoms with Crippen molar-refractivity contribution in [3.05, 3.63) is 41.5 Å². The van der Waals surface area contributed by atoms with Gasteiger partial charge in [-0.25, -0.2) is 9.37 Å². The van der Waals surface area contributed by atoms with Crippen molar-refractivity contribution in [2.45, 2.75) is 32.4 Å². The van der Waals surface area contributed by atoms with Gasteiger partial charge in [-0.15, -0.1) is 0 Å². The van der Waals surface area contributed by atoms with E-state index in [1.165, 1.54) is 23.7 Å². The van der Waals surface area contributed by atoms with Crippen molar-refractivity contribution in [1.29, 1.82) is 0 Å². The molecule has 2 unspecified atom stereocenters. The van der Waals surface area contributed by atoms with Crippen LogP contribution in [0, 0.1) is 5.82 Å². The van der Waals surface area contributed by atoms with Crippen LogP contribution in [-0.2, 0) is 6.42 Å². The van der Waals surface area contributed by atoms with Gasteiger partial charge in [0, 0.05) is 43.1 Å². The summed E-state index contributed by atoms with van der Waals surface area (Å²) in [4.78, 5) is 6.93. The van der Waals surface area contributed by atoms with E-state index in [1.54, 1.807) is 6.07 Å². The average Bonchev–Trinajstić information content (AvgIpc) is 2.90. The molecule has 2 aromatic rings. The zero-order valence-electron chi connectivity index (χ0n) is 12.2. The highest BCUT2D eigenvalue weighted by molar-refractivity contribution is 7.09. The number of benzene rings is 1. The number of nitrogens with zero attached hydrogens (tertiary/aromatic N) is 3. The zero-order valence-corrected chi connectivity index (χ0v) is 13.0. The standard InChI is InChI=1S/C15H19FN4S/c1-10-9-20(11(2)8-17-10)15-18-14(19-21-15)7-12-4-3-5-13(16)6-12/h3-6,10-11,17H,7-9H2,1-2H3. The van der Waals surface area contributed by atoms with Crippen LogP contribution in [0.1, 0.15) is 25.2 Å². The molecule has 1 N–H and O–H groups in total. The molecule has 0 radical (unpaired) electrons. The second-order valence-corrected chi connectivity index (χ2v) is 6.34. The second kappa shape index (κ2) is 6.07. The van der Waals surface area contributed by atoms with Crippen LogP contribution in [-0.4, -0.2) is 34.5 Å². The number of rotatable bonds is 3. The molecule has 0 saturated carbocycles. The van der Waals surface area contributed by atoms with E-state index in [4.69, 9.17) is 0 Å². The Morgan fingerprint density at radius 1 is 1.43 bits per heavy atom. The lowest BCUT2D eigenvalue weighted by molar-refractivity contribution is 0.424. The predicted octanol–water partition coefficient (Wildman–Crippen LogP) is 2.45. The first kappa shape index (κ1) is 14.4. The fourth-order valence-electron chi connectivity index (χ4n) is 2.55. The van der Waals surface area contributed by atoms with Gasteiger partial charge in [0.15, 0.2) is 0 Å². The monoisotopic (exact) mass is 306 g/mol. The fraction of sp³-hybridized carbons (Fsp3) is 0.467. The molecule has 3 rings (SSSR count). The van der Waals surface area contributed by atoms with Gasteiger partial charge in [-0.3, -0.25) is 0 Å². The van der Waals surface area contributed by atoms with Gasteiger partial charge < -0.3 is 10.2 Å². The van der Waals surface area contributed by atoms with Crippen LogP contribution in [0.3, 0.4) is 0 Å². The van der Waals surface area contributed by atoms with Crippen LogP contribution in [0.25, 0.3) is 0 Å². The molecule has 0 spiro atoms. The maximum Gasteiger partial charge on any atom is 0.205 e. The number of anilines is 1. The minimum Gasteiger partial charge on any atom is -0.341 e. The normalized spacial score (nSPS) is 22.5. The lowest BCUT2D eigenvalue weighted by Crippen LogP contribution is -2.54. The summed E-state index contributed by atoms with van der Waals surface area (Å²) in [5.74, 6) is 0.548. The molecule has 1 aliphatic rings. The first-order valence-corrected chi connectivity index (χ1v) is 7.96. The van der Waals surface area contributed by atoms with E-state index in [9.17, 15) is 4.39 Å². The fourth-order valence-corrected chi connectivity index (χ4v) is 3.35. The van der Waals surface area contributed by atoms with Crippen LogP contribution in [0.5, 0.6) is 0 Å². The summed E-state index contributed by atoms with van der Waals surface area (Å²) in [5, 5.41) is 4.42. The van der Waals surface area contributed by atoms with Crippen molar-refractivity contribution >= 4 is 16.7 Å². The van der Waals surface area contributed by atoms with Crippen LogP contribution in [0.4, 0.5) is 9.52 Å². The van der Waals surface area contributed by atoms with Crippen molar-refractivity contribution < 1.29 is 4.39 Å². The number of hydrogen-bond donors (Lipinski definition) is 1. The molecule has 2 atom stereocenters. The van der Waals surface area contributed by atoms with E-state index < -0.39 is 0 Å². The van der Waals surface area contributed by atoms with Crippen molar-refractivity contribution in [3.63, 3.8) is 0 Å². The Morgan fingerprint density at radius 2 is 2.29 bits per heavy atom. The topological polar surface area (TPSA) is 41.1 Å². The van der Waals surface area contributed by atoms with Crippen LogP contribution in [0.15, 0.2) is 24.3 Å². The molecule has 112 valence electrons. The SMILES string of the molecule is CC1CN(c2nc(Cc3cccc(F)c3)ns2)C(C)CN1. The molecule has 21 heavy (non-hydrogen) atoms. The summed E-state index contributed by atoms with van der Waals surface area (Å²) in [6, 6.07) is 7.48. The Bertz CT molecular complexity index is 615. The average molecular weight is 306 g/mol. The van der Waals surface area contributed by atoms with E-state index in [0.717, 1.165) is 29.6 Å². The third-order valence-corrected chi connectivity index (χ3v) is 4.51. The van der Waals surface area contributed by atoms with E-state index in [2.05, 4.69) is 33.4 Å². The molecular formula is C15H19FN4S. The van der Waals surface area contributed by atoms with E-state index in [1.807, 2.05) is 6.07 Å². The highest BCUT2D eigenvalue weighted by atomic mass is 32.1. The second-order valence-electron chi connectivity index (χ2n) is 5.61. The summed E-state index contributed by atoms with van der Waals surface area (Å²) < 4.78 is 17.6. The maximum atomic E-state index is 13.2. The number of nitrogens with one attached hydrogen (secondary N) is 1. The Hall–Kier alpha value is -1.53. The number of aromatic nitrogens is 2. The molecule has 1 aliphatic heterocycles. The largest absolute Gasteiger partial charge is 0.341 e. The lowest BCUT2D eigenvalue weighted by atomic mass is 10.1. The quantitative estimate of drug-likeness (QED) is 0.946. The number of halogens is 1. The van der Waals surface area contributed by atoms with Gasteiger partial charge in [0.1, 0.15) is 11.6 Å². The molecule has 0 bridgehead atoms. The summed E-state index contributed by atoms with van der Waals surface area (Å²) in [6.45, 7) is 6.26. The maximum absolute atomic E-state index is 13.2. The third kappa shape index (κ3) is 3.39. The summed E-state index contributed by atoms with van der Waals surface area (Å²) >= 11 is 1.43. The molecule has 1 aromatic heterocycles. The molecule has 1 aromatic carbocycles. The zero-order chi connectivity index (χ0) is 14.8. The van der Waals surface area contributed by atoms with Crippen molar-refractivity contribution in [2.24, 2.45) is 0 Å². The summed E-state index contributed by atoms with van der Waals surface area (Å²) in [5.41, 5.74) is 0.904. The molecule has 0 aliphatic carbocycles. The summed E-state index contributed by atoms with van der Waals surface area (Å²) in [7, 11) is 0. The van der Waals surface area contributed by atoms with Crippen LogP contribution in [0.2, 0.25) is 0 Å². The minimum atomic E-state index is -0.215. The Labute approximate surface area is 128 Å². The molecule has 4 nitrogen and oxygen atoms in total. The number of hydrogen-bond acceptors (Lipinski definition) is 5. The molecule has 1 saturated heterocycles. The minimum absolute atomic E-state index is 0.215. The predicted molar refractivity (Wildman–Crippen MR) is 83.4 cm³/mol. The summed E-state index contributed by atoms with van der Waals surface area (Å²) in [6.07, 6.45) is 0.574. The van der Waals surface area contributed by atoms with Crippen LogP contribution < -0.4 is 10.2 Å². The number of piperazine rings is 1. The van der Waals surface area contributed by atoms with E-state index in [0.29, 0.717) is 18.5 Å². The molecule has 2 heterocycles. The third-order valence-electron chi connectivity index (χ3n) is 3.72. The smallest absolute Gasteiger partial charge is 0.205 e. The molecule has 6 heteroatoms. The highest BCUT2D eigenvalue weighted by Crippen LogP contribution is 2.23. The van der Waals surface area contributed by atoms with Gasteiger partial charge in [0.25, 0.3) is 0 Å². The van der Waals surface area contributed by atoms with Gasteiger partial charge in [-0.1, -0.05) is 12.1 Å². The van der Waals surface area contributed by atoms with Crippen molar-refractivity contribution in [1.82, 2.24) is 14.7 Å². The van der Waals surface area contributed by atoms with Gasteiger partial charge in [0.2, 0.25) is 5.13 Å². The highest BCUT2D eigenvalue weighted by Gasteiger charge is 2.25. The van der Waals surface area contributed by atoms with Gasteiger partial charge in [-0.2, -0.15) is 4.37 Å².